The highest BCUT2D eigenvalue weighted by Crippen LogP contribution is 2.43. The number of H-pyrrole nitrogens is 1. The summed E-state index contributed by atoms with van der Waals surface area (Å²) >= 11 is 0. The first-order valence-electron chi connectivity index (χ1n) is 10.4. The molecule has 0 bridgehead atoms. The van der Waals surface area contributed by atoms with Gasteiger partial charge in [0.1, 0.15) is 0 Å². The van der Waals surface area contributed by atoms with E-state index in [9.17, 15) is 9.59 Å². The van der Waals surface area contributed by atoms with Crippen molar-refractivity contribution in [1.82, 2.24) is 30.2 Å². The number of hydrogen-bond donors (Lipinski definition) is 2. The lowest BCUT2D eigenvalue weighted by Gasteiger charge is -2.32. The highest BCUT2D eigenvalue weighted by Gasteiger charge is 2.53. The molecule has 8 nitrogen and oxygen atoms in total. The predicted molar refractivity (Wildman–Crippen MR) is 112 cm³/mol. The van der Waals surface area contributed by atoms with E-state index in [0.717, 1.165) is 50.7 Å². The van der Waals surface area contributed by atoms with E-state index in [4.69, 9.17) is 0 Å². The van der Waals surface area contributed by atoms with Crippen molar-refractivity contribution in [1.29, 1.82) is 0 Å². The zero-order valence-electron chi connectivity index (χ0n) is 18.7. The van der Waals surface area contributed by atoms with Gasteiger partial charge in [-0.15, -0.1) is 0 Å². The Kier molecular flexibility index (Phi) is 6.06. The lowest BCUT2D eigenvalue weighted by Crippen LogP contribution is -2.44. The number of carbonyl (C=O) groups is 2. The van der Waals surface area contributed by atoms with Gasteiger partial charge in [-0.05, 0) is 26.1 Å². The topological polar surface area (TPSA) is 84.6 Å². The van der Waals surface area contributed by atoms with Gasteiger partial charge in [-0.2, -0.15) is 5.10 Å². The minimum Gasteiger partial charge on any atom is -0.347 e. The molecule has 0 aromatic carbocycles. The Morgan fingerprint density at radius 1 is 1.31 bits per heavy atom. The highest BCUT2D eigenvalue weighted by atomic mass is 16.2. The summed E-state index contributed by atoms with van der Waals surface area (Å²) < 4.78 is 0. The number of nitrogens with zero attached hydrogens (tertiary/aromatic N) is 4. The van der Waals surface area contributed by atoms with Gasteiger partial charge in [-0.3, -0.25) is 19.6 Å². The molecular weight excluding hydrogens is 368 g/mol. The van der Waals surface area contributed by atoms with Crippen LogP contribution in [0.1, 0.15) is 39.1 Å². The number of amides is 2. The molecule has 3 heterocycles. The van der Waals surface area contributed by atoms with E-state index >= 15 is 0 Å². The number of aromatic amines is 1. The number of aromatic nitrogens is 2. The maximum absolute atomic E-state index is 12.5. The first-order valence-corrected chi connectivity index (χ1v) is 10.4. The number of fused-ring (bicyclic) bond motifs is 1. The molecule has 1 aromatic rings. The zero-order valence-corrected chi connectivity index (χ0v) is 18.7. The van der Waals surface area contributed by atoms with Gasteiger partial charge in [0.15, 0.2) is 0 Å². The third-order valence-corrected chi connectivity index (χ3v) is 6.10. The number of hydrogen-bond acceptors (Lipinski definition) is 5. The minimum absolute atomic E-state index is 0.0164. The van der Waals surface area contributed by atoms with E-state index in [1.807, 2.05) is 4.90 Å². The third-order valence-electron chi connectivity index (χ3n) is 6.10. The maximum Gasteiger partial charge on any atom is 0.241 e. The largest absolute Gasteiger partial charge is 0.347 e. The van der Waals surface area contributed by atoms with Crippen LogP contribution in [0.25, 0.3) is 0 Å². The van der Waals surface area contributed by atoms with Crippen molar-refractivity contribution in [2.45, 2.75) is 39.7 Å². The molecule has 2 unspecified atom stereocenters. The Morgan fingerprint density at radius 3 is 2.62 bits per heavy atom. The zero-order chi connectivity index (χ0) is 21.4. The standard InChI is InChI=1S/C21H36N6O2/c1-15(28)22-8-19(29)27-10-16-9-26(13-21(16,14-27)12-25(5)6)11-17-7-18(24-23-17)20(2,3)4/h7,16H,8-14H2,1-6H3,(H,22,28)(H,23,24). The molecule has 8 heteroatoms. The smallest absolute Gasteiger partial charge is 0.241 e. The van der Waals surface area contributed by atoms with Crippen molar-refractivity contribution in [2.75, 3.05) is 53.4 Å². The summed E-state index contributed by atoms with van der Waals surface area (Å²) in [6.45, 7) is 13.3. The van der Waals surface area contributed by atoms with Crippen LogP contribution in [0.2, 0.25) is 0 Å². The second kappa shape index (κ2) is 8.07. The molecule has 2 amide bonds. The average molecular weight is 405 g/mol. The fourth-order valence-electron chi connectivity index (χ4n) is 4.83. The number of rotatable bonds is 6. The van der Waals surface area contributed by atoms with E-state index in [1.165, 1.54) is 6.92 Å². The van der Waals surface area contributed by atoms with Crippen molar-refractivity contribution in [3.05, 3.63) is 17.5 Å². The van der Waals surface area contributed by atoms with Gasteiger partial charge in [-0.1, -0.05) is 20.8 Å². The summed E-state index contributed by atoms with van der Waals surface area (Å²) in [6, 6.07) is 2.18. The molecule has 2 aliphatic rings. The third kappa shape index (κ3) is 4.98. The Balaban J connectivity index is 1.66. The van der Waals surface area contributed by atoms with Crippen molar-refractivity contribution in [3.8, 4) is 0 Å². The van der Waals surface area contributed by atoms with Gasteiger partial charge in [0.2, 0.25) is 11.8 Å². The summed E-state index contributed by atoms with van der Waals surface area (Å²) in [7, 11) is 4.20. The molecule has 2 atom stereocenters. The molecule has 2 N–H and O–H groups in total. The Morgan fingerprint density at radius 2 is 2.03 bits per heavy atom. The Hall–Kier alpha value is -1.93. The predicted octanol–water partition coefficient (Wildman–Crippen LogP) is 0.665. The summed E-state index contributed by atoms with van der Waals surface area (Å²) in [4.78, 5) is 30.4. The normalized spacial score (nSPS) is 24.9. The van der Waals surface area contributed by atoms with Gasteiger partial charge in [0.05, 0.1) is 12.2 Å². The van der Waals surface area contributed by atoms with Crippen LogP contribution in [0.5, 0.6) is 0 Å². The summed E-state index contributed by atoms with van der Waals surface area (Å²) in [5.41, 5.74) is 2.34. The van der Waals surface area contributed by atoms with Crippen LogP contribution >= 0.6 is 0 Å². The summed E-state index contributed by atoms with van der Waals surface area (Å²) in [5.74, 6) is 0.292. The minimum atomic E-state index is -0.166. The van der Waals surface area contributed by atoms with Crippen LogP contribution in [-0.4, -0.2) is 90.1 Å². The molecular formula is C21H36N6O2. The average Bonchev–Trinajstić information content (AvgIpc) is 3.24. The van der Waals surface area contributed by atoms with Crippen molar-refractivity contribution >= 4 is 11.8 Å². The van der Waals surface area contributed by atoms with Gasteiger partial charge in [0.25, 0.3) is 0 Å². The second-order valence-corrected chi connectivity index (χ2v) is 10.2. The summed E-state index contributed by atoms with van der Waals surface area (Å²) in [6.07, 6.45) is 0. The van der Waals surface area contributed by atoms with Crippen LogP contribution in [-0.2, 0) is 21.5 Å². The monoisotopic (exact) mass is 404 g/mol. The molecule has 1 aromatic heterocycles. The fourth-order valence-corrected chi connectivity index (χ4v) is 4.83. The Labute approximate surface area is 174 Å². The molecule has 2 saturated heterocycles. The highest BCUT2D eigenvalue weighted by molar-refractivity contribution is 5.84. The van der Waals surface area contributed by atoms with Crippen LogP contribution in [0.4, 0.5) is 0 Å². The van der Waals surface area contributed by atoms with Crippen LogP contribution in [0.15, 0.2) is 6.07 Å². The summed E-state index contributed by atoms with van der Waals surface area (Å²) in [5, 5.41) is 10.3. The lowest BCUT2D eigenvalue weighted by atomic mass is 9.80. The molecule has 2 fully saturated rings. The molecule has 29 heavy (non-hydrogen) atoms. The van der Waals surface area contributed by atoms with Gasteiger partial charge < -0.3 is 15.1 Å². The SMILES string of the molecule is CC(=O)NCC(=O)N1CC2CN(Cc3cc(C(C)(C)C)n[nH]3)CC2(CN(C)C)C1. The molecule has 0 spiro atoms. The van der Waals surface area contributed by atoms with Gasteiger partial charge >= 0.3 is 0 Å². The van der Waals surface area contributed by atoms with Crippen molar-refractivity contribution in [3.63, 3.8) is 0 Å². The van der Waals surface area contributed by atoms with Crippen molar-refractivity contribution < 1.29 is 9.59 Å². The molecule has 0 radical (unpaired) electrons. The second-order valence-electron chi connectivity index (χ2n) is 10.2. The van der Waals surface area contributed by atoms with E-state index in [1.54, 1.807) is 0 Å². The van der Waals surface area contributed by atoms with E-state index in [-0.39, 0.29) is 29.2 Å². The van der Waals surface area contributed by atoms with E-state index < -0.39 is 0 Å². The first-order chi connectivity index (χ1) is 13.5. The molecule has 0 saturated carbocycles. The quantitative estimate of drug-likeness (QED) is 0.728. The molecule has 2 aliphatic heterocycles. The number of nitrogens with one attached hydrogen (secondary N) is 2. The maximum atomic E-state index is 12.5. The Bertz CT molecular complexity index is 753. The van der Waals surface area contributed by atoms with Crippen molar-refractivity contribution in [2.24, 2.45) is 11.3 Å². The van der Waals surface area contributed by atoms with Crippen LogP contribution in [0, 0.1) is 11.3 Å². The fraction of sp³-hybridized carbons (Fsp3) is 0.762. The molecule has 162 valence electrons. The molecule has 0 aliphatic carbocycles. The van der Waals surface area contributed by atoms with E-state index in [2.05, 4.69) is 66.2 Å². The van der Waals surface area contributed by atoms with E-state index in [0.29, 0.717) is 5.92 Å². The van der Waals surface area contributed by atoms with Crippen LogP contribution in [0.3, 0.4) is 0 Å². The van der Waals surface area contributed by atoms with Gasteiger partial charge in [0, 0.05) is 62.7 Å². The lowest BCUT2D eigenvalue weighted by molar-refractivity contribution is -0.132. The number of likely N-dealkylation sites (tertiary alicyclic amines) is 2. The van der Waals surface area contributed by atoms with Crippen LogP contribution < -0.4 is 5.32 Å². The molecule has 3 rings (SSSR count). The number of carbonyl (C=O) groups excluding carboxylic acids is 2. The van der Waals surface area contributed by atoms with Gasteiger partial charge in [-0.25, -0.2) is 0 Å². The first kappa shape index (κ1) is 21.8.